The van der Waals surface area contributed by atoms with E-state index in [1.54, 1.807) is 6.07 Å². The van der Waals surface area contributed by atoms with E-state index in [9.17, 15) is 4.39 Å². The summed E-state index contributed by atoms with van der Waals surface area (Å²) in [6.07, 6.45) is 3.95. The van der Waals surface area contributed by atoms with E-state index < -0.39 is 5.82 Å². The molecule has 1 saturated heterocycles. The summed E-state index contributed by atoms with van der Waals surface area (Å²) in [6, 6.07) is 8.08. The summed E-state index contributed by atoms with van der Waals surface area (Å²) < 4.78 is 19.5. The van der Waals surface area contributed by atoms with E-state index in [1.807, 2.05) is 12.1 Å². The highest BCUT2D eigenvalue weighted by Gasteiger charge is 2.56. The first-order chi connectivity index (χ1) is 14.4. The number of ether oxygens (including phenoxy) is 1. The van der Waals surface area contributed by atoms with Gasteiger partial charge in [-0.15, -0.1) is 0 Å². The number of halogens is 2. The number of hydrogen-bond donors (Lipinski definition) is 2. The van der Waals surface area contributed by atoms with Crippen LogP contribution in [0.2, 0.25) is 5.02 Å². The van der Waals surface area contributed by atoms with Gasteiger partial charge in [0.25, 0.3) is 0 Å². The number of nitrogens with two attached hydrogens (primary N) is 1. The van der Waals surface area contributed by atoms with Crippen molar-refractivity contribution in [1.82, 2.24) is 14.9 Å². The molecular formula is C22H23ClFN5O. The summed E-state index contributed by atoms with van der Waals surface area (Å²) in [7, 11) is 2.18. The van der Waals surface area contributed by atoms with Crippen LogP contribution < -0.4 is 15.8 Å². The predicted octanol–water partition coefficient (Wildman–Crippen LogP) is 4.47. The molecule has 0 radical (unpaired) electrons. The zero-order valence-corrected chi connectivity index (χ0v) is 17.4. The second-order valence-electron chi connectivity index (χ2n) is 8.45. The number of benzene rings is 2. The number of anilines is 3. The summed E-state index contributed by atoms with van der Waals surface area (Å²) in [5, 5.41) is 3.95. The van der Waals surface area contributed by atoms with Crippen LogP contribution in [0.15, 0.2) is 36.7 Å². The van der Waals surface area contributed by atoms with Crippen LogP contribution >= 0.6 is 11.6 Å². The topological polar surface area (TPSA) is 76.3 Å². The first kappa shape index (κ1) is 19.3. The molecule has 2 fully saturated rings. The lowest BCUT2D eigenvalue weighted by Crippen LogP contribution is -2.17. The molecule has 5 rings (SSSR count). The minimum atomic E-state index is -0.470. The van der Waals surface area contributed by atoms with Crippen LogP contribution in [0.1, 0.15) is 12.8 Å². The summed E-state index contributed by atoms with van der Waals surface area (Å²) in [6.45, 7) is 3.00. The van der Waals surface area contributed by atoms with Gasteiger partial charge >= 0.3 is 0 Å². The quantitative estimate of drug-likeness (QED) is 0.585. The molecule has 1 aliphatic carbocycles. The summed E-state index contributed by atoms with van der Waals surface area (Å²) >= 11 is 5.88. The Morgan fingerprint density at radius 3 is 2.97 bits per heavy atom. The maximum Gasteiger partial charge on any atom is 0.144 e. The first-order valence-corrected chi connectivity index (χ1v) is 10.4. The fraction of sp³-hybridized carbons (Fsp3) is 0.364. The molecule has 1 saturated carbocycles. The van der Waals surface area contributed by atoms with Crippen molar-refractivity contribution in [3.63, 3.8) is 0 Å². The second-order valence-corrected chi connectivity index (χ2v) is 8.85. The van der Waals surface area contributed by atoms with E-state index in [0.717, 1.165) is 17.4 Å². The van der Waals surface area contributed by atoms with Crippen molar-refractivity contribution in [3.05, 3.63) is 47.5 Å². The fourth-order valence-electron chi connectivity index (χ4n) is 4.50. The number of hydrogen-bond acceptors (Lipinski definition) is 6. The van der Waals surface area contributed by atoms with Gasteiger partial charge < -0.3 is 20.7 Å². The molecule has 2 heterocycles. The number of aromatic nitrogens is 2. The maximum atomic E-state index is 13.4. The van der Waals surface area contributed by atoms with Gasteiger partial charge in [-0.1, -0.05) is 11.6 Å². The molecule has 1 spiro atoms. The molecule has 3 aromatic rings. The molecule has 2 atom stereocenters. The van der Waals surface area contributed by atoms with E-state index in [1.165, 1.54) is 37.8 Å². The molecule has 2 aliphatic rings. The van der Waals surface area contributed by atoms with Crippen molar-refractivity contribution in [2.75, 3.05) is 37.8 Å². The third kappa shape index (κ3) is 3.52. The summed E-state index contributed by atoms with van der Waals surface area (Å²) in [5.74, 6) is 1.33. The van der Waals surface area contributed by atoms with Gasteiger partial charge in [-0.05, 0) is 56.1 Å². The van der Waals surface area contributed by atoms with E-state index in [-0.39, 0.29) is 5.02 Å². The van der Waals surface area contributed by atoms with Crippen LogP contribution in [0.4, 0.5) is 21.6 Å². The van der Waals surface area contributed by atoms with Gasteiger partial charge in [-0.25, -0.2) is 14.4 Å². The average Bonchev–Trinajstić information content (AvgIpc) is 3.25. The number of fused-ring (bicyclic) bond motifs is 1. The van der Waals surface area contributed by atoms with Gasteiger partial charge in [0.05, 0.1) is 22.8 Å². The zero-order chi connectivity index (χ0) is 20.9. The van der Waals surface area contributed by atoms with Crippen molar-refractivity contribution < 1.29 is 9.13 Å². The SMILES string of the molecule is CN1CCC2(CC2COc2cc3ncnc(Nc4ccc(F)c(Cl)c4)c3cc2N)C1. The van der Waals surface area contributed by atoms with Gasteiger partial charge in [0.15, 0.2) is 0 Å². The lowest BCUT2D eigenvalue weighted by Gasteiger charge is -2.14. The lowest BCUT2D eigenvalue weighted by atomic mass is 10.0. The molecule has 0 bridgehead atoms. The fourth-order valence-corrected chi connectivity index (χ4v) is 4.68. The van der Waals surface area contributed by atoms with Crippen LogP contribution in [0.5, 0.6) is 5.75 Å². The predicted molar refractivity (Wildman–Crippen MR) is 117 cm³/mol. The largest absolute Gasteiger partial charge is 0.491 e. The first-order valence-electron chi connectivity index (χ1n) is 10.0. The van der Waals surface area contributed by atoms with Crippen molar-refractivity contribution in [3.8, 4) is 5.75 Å². The van der Waals surface area contributed by atoms with Gasteiger partial charge in [0.2, 0.25) is 0 Å². The maximum absolute atomic E-state index is 13.4. The van der Waals surface area contributed by atoms with Crippen LogP contribution in [0, 0.1) is 17.2 Å². The summed E-state index contributed by atoms with van der Waals surface area (Å²) in [5.41, 5.74) is 8.60. The van der Waals surface area contributed by atoms with Gasteiger partial charge in [-0.3, -0.25) is 0 Å². The third-order valence-corrected chi connectivity index (χ3v) is 6.61. The average molecular weight is 428 g/mol. The molecule has 6 nitrogen and oxygen atoms in total. The molecule has 1 aliphatic heterocycles. The Morgan fingerprint density at radius 1 is 1.33 bits per heavy atom. The molecular weight excluding hydrogens is 405 g/mol. The van der Waals surface area contributed by atoms with Crippen LogP contribution in [-0.2, 0) is 0 Å². The Bertz CT molecular complexity index is 1130. The van der Waals surface area contributed by atoms with Crippen molar-refractivity contribution >= 4 is 39.7 Å². The Morgan fingerprint density at radius 2 is 2.20 bits per heavy atom. The van der Waals surface area contributed by atoms with Gasteiger partial charge in [0, 0.05) is 29.6 Å². The third-order valence-electron chi connectivity index (χ3n) is 6.32. The van der Waals surface area contributed by atoms with E-state index in [4.69, 9.17) is 22.1 Å². The number of nitrogens with one attached hydrogen (secondary N) is 1. The molecule has 2 unspecified atom stereocenters. The standard InChI is InChI=1S/C22H23ClFN5O/c1-29-5-4-22(11-29)9-13(22)10-30-20-8-19-15(7-18(20)25)21(27-12-26-19)28-14-2-3-17(24)16(23)6-14/h2-3,6-8,12-13H,4-5,9-11,25H2,1H3,(H,26,27,28). The van der Waals surface area contributed by atoms with Crippen molar-refractivity contribution in [1.29, 1.82) is 0 Å². The molecule has 1 aromatic heterocycles. The van der Waals surface area contributed by atoms with Gasteiger partial charge in [0.1, 0.15) is 23.7 Å². The van der Waals surface area contributed by atoms with Crippen LogP contribution in [0.25, 0.3) is 10.9 Å². The highest BCUT2D eigenvalue weighted by atomic mass is 35.5. The minimum absolute atomic E-state index is 0.0415. The Labute approximate surface area is 179 Å². The normalized spacial score (nSPS) is 23.2. The lowest BCUT2D eigenvalue weighted by molar-refractivity contribution is 0.270. The van der Waals surface area contributed by atoms with Crippen molar-refractivity contribution in [2.24, 2.45) is 11.3 Å². The molecule has 156 valence electrons. The Hall–Kier alpha value is -2.64. The van der Waals surface area contributed by atoms with Gasteiger partial charge in [-0.2, -0.15) is 0 Å². The van der Waals surface area contributed by atoms with E-state index >= 15 is 0 Å². The number of nitrogens with zero attached hydrogens (tertiary/aromatic N) is 3. The van der Waals surface area contributed by atoms with E-state index in [0.29, 0.717) is 40.9 Å². The minimum Gasteiger partial charge on any atom is -0.491 e. The highest BCUT2D eigenvalue weighted by Crippen LogP contribution is 2.58. The number of rotatable bonds is 5. The number of nitrogen functional groups attached to an aromatic ring is 1. The molecule has 0 amide bonds. The Kier molecular flexibility index (Phi) is 4.67. The second kappa shape index (κ2) is 7.25. The number of likely N-dealkylation sites (tertiary alicyclic amines) is 1. The zero-order valence-electron chi connectivity index (χ0n) is 16.7. The summed E-state index contributed by atoms with van der Waals surface area (Å²) in [4.78, 5) is 11.1. The smallest absolute Gasteiger partial charge is 0.144 e. The Balaban J connectivity index is 1.35. The molecule has 2 aromatic carbocycles. The molecule has 8 heteroatoms. The molecule has 3 N–H and O–H groups in total. The van der Waals surface area contributed by atoms with Crippen LogP contribution in [0.3, 0.4) is 0 Å². The van der Waals surface area contributed by atoms with Crippen LogP contribution in [-0.4, -0.2) is 41.6 Å². The van der Waals surface area contributed by atoms with Crippen molar-refractivity contribution in [2.45, 2.75) is 12.8 Å². The monoisotopic (exact) mass is 427 g/mol. The highest BCUT2D eigenvalue weighted by molar-refractivity contribution is 6.31. The molecule has 30 heavy (non-hydrogen) atoms. The van der Waals surface area contributed by atoms with E-state index in [2.05, 4.69) is 27.2 Å².